The lowest BCUT2D eigenvalue weighted by molar-refractivity contribution is 0.430. The van der Waals surface area contributed by atoms with Gasteiger partial charge in [0.2, 0.25) is 0 Å². The van der Waals surface area contributed by atoms with Crippen molar-refractivity contribution in [2.24, 2.45) is 0 Å². The number of thioether (sulfide) groups is 1. The molecule has 0 bridgehead atoms. The van der Waals surface area contributed by atoms with Crippen LogP contribution in [0.25, 0.3) is 0 Å². The quantitative estimate of drug-likeness (QED) is 0.866. The average molecular weight is 239 g/mol. The molecule has 1 unspecified atom stereocenters. The third-order valence-corrected chi connectivity index (χ3v) is 4.10. The fourth-order valence-corrected chi connectivity index (χ4v) is 3.13. The van der Waals surface area contributed by atoms with Crippen LogP contribution in [0.1, 0.15) is 24.8 Å². The van der Waals surface area contributed by atoms with Crippen molar-refractivity contribution in [3.8, 4) is 0 Å². The molecule has 0 radical (unpaired) electrons. The highest BCUT2D eigenvalue weighted by Gasteiger charge is 2.12. The Morgan fingerprint density at radius 3 is 2.94 bits per heavy atom. The van der Waals surface area contributed by atoms with E-state index < -0.39 is 0 Å². The van der Waals surface area contributed by atoms with E-state index in [1.807, 2.05) is 23.9 Å². The molecule has 0 aliphatic carbocycles. The van der Waals surface area contributed by atoms with Crippen molar-refractivity contribution in [3.05, 3.63) is 35.6 Å². The molecule has 88 valence electrons. The largest absolute Gasteiger partial charge is 0.313 e. The number of nitrogens with one attached hydrogen (secondary N) is 1. The molecule has 0 amide bonds. The molecule has 1 atom stereocenters. The Balaban J connectivity index is 1.73. The van der Waals surface area contributed by atoms with E-state index in [2.05, 4.69) is 5.32 Å². The van der Waals surface area contributed by atoms with E-state index in [0.29, 0.717) is 6.04 Å². The van der Waals surface area contributed by atoms with Crippen LogP contribution in [0.2, 0.25) is 0 Å². The summed E-state index contributed by atoms with van der Waals surface area (Å²) in [5.41, 5.74) is 0.823. The van der Waals surface area contributed by atoms with Gasteiger partial charge in [-0.05, 0) is 31.0 Å². The van der Waals surface area contributed by atoms with Gasteiger partial charge in [0, 0.05) is 17.5 Å². The SMILES string of the molecule is Fc1ccccc1CSCC1CCCCN1. The molecule has 1 heterocycles. The first-order chi connectivity index (χ1) is 7.86. The summed E-state index contributed by atoms with van der Waals surface area (Å²) in [6.45, 7) is 1.14. The van der Waals surface area contributed by atoms with Gasteiger partial charge in [-0.25, -0.2) is 4.39 Å². The maximum Gasteiger partial charge on any atom is 0.127 e. The van der Waals surface area contributed by atoms with E-state index in [-0.39, 0.29) is 5.82 Å². The molecule has 1 aliphatic rings. The fourth-order valence-electron chi connectivity index (χ4n) is 1.99. The Hall–Kier alpha value is -0.540. The maximum absolute atomic E-state index is 13.3. The molecule has 0 aromatic heterocycles. The fraction of sp³-hybridized carbons (Fsp3) is 0.538. The van der Waals surface area contributed by atoms with Crippen LogP contribution in [-0.2, 0) is 5.75 Å². The lowest BCUT2D eigenvalue weighted by Crippen LogP contribution is -2.35. The van der Waals surface area contributed by atoms with Crippen LogP contribution in [0.5, 0.6) is 0 Å². The molecule has 1 aromatic rings. The molecule has 16 heavy (non-hydrogen) atoms. The molecular formula is C13H18FNS. The Bertz CT molecular complexity index is 323. The number of halogens is 1. The second kappa shape index (κ2) is 6.26. The summed E-state index contributed by atoms with van der Waals surface area (Å²) in [5.74, 6) is 1.80. The Labute approximate surface area is 101 Å². The third-order valence-electron chi connectivity index (χ3n) is 2.95. The minimum absolute atomic E-state index is 0.0772. The molecule has 0 saturated carbocycles. The Morgan fingerprint density at radius 1 is 1.31 bits per heavy atom. The summed E-state index contributed by atoms with van der Waals surface area (Å²) in [4.78, 5) is 0. The van der Waals surface area contributed by atoms with Gasteiger partial charge in [0.25, 0.3) is 0 Å². The number of piperidine rings is 1. The first kappa shape index (κ1) is 11.9. The number of hydrogen-bond acceptors (Lipinski definition) is 2. The van der Waals surface area contributed by atoms with Gasteiger partial charge in [-0.15, -0.1) is 0 Å². The van der Waals surface area contributed by atoms with E-state index in [1.54, 1.807) is 6.07 Å². The van der Waals surface area contributed by atoms with Gasteiger partial charge in [0.1, 0.15) is 5.82 Å². The Kier molecular flexibility index (Phi) is 4.67. The summed E-state index contributed by atoms with van der Waals surface area (Å²) < 4.78 is 13.3. The molecule has 2 rings (SSSR count). The van der Waals surface area contributed by atoms with Crippen molar-refractivity contribution in [1.82, 2.24) is 5.32 Å². The van der Waals surface area contributed by atoms with Gasteiger partial charge in [-0.2, -0.15) is 11.8 Å². The van der Waals surface area contributed by atoms with E-state index >= 15 is 0 Å². The van der Waals surface area contributed by atoms with Crippen LogP contribution in [-0.4, -0.2) is 18.3 Å². The van der Waals surface area contributed by atoms with Gasteiger partial charge >= 0.3 is 0 Å². The number of hydrogen-bond donors (Lipinski definition) is 1. The van der Waals surface area contributed by atoms with E-state index in [0.717, 1.165) is 23.6 Å². The summed E-state index contributed by atoms with van der Waals surface area (Å²) in [6, 6.07) is 7.68. The maximum atomic E-state index is 13.3. The highest BCUT2D eigenvalue weighted by atomic mass is 32.2. The summed E-state index contributed by atoms with van der Waals surface area (Å²) in [7, 11) is 0. The molecule has 1 aromatic carbocycles. The van der Waals surface area contributed by atoms with Crippen LogP contribution in [0.4, 0.5) is 4.39 Å². The second-order valence-corrected chi connectivity index (χ2v) is 5.28. The molecule has 1 saturated heterocycles. The first-order valence-corrected chi connectivity index (χ1v) is 7.06. The van der Waals surface area contributed by atoms with Gasteiger partial charge in [-0.1, -0.05) is 24.6 Å². The number of rotatable bonds is 4. The van der Waals surface area contributed by atoms with Crippen LogP contribution in [0, 0.1) is 5.82 Å². The van der Waals surface area contributed by atoms with Crippen LogP contribution >= 0.6 is 11.8 Å². The zero-order valence-corrected chi connectivity index (χ0v) is 10.2. The van der Waals surface area contributed by atoms with Gasteiger partial charge < -0.3 is 5.32 Å². The molecule has 3 heteroatoms. The zero-order valence-electron chi connectivity index (χ0n) is 9.42. The monoisotopic (exact) mass is 239 g/mol. The van der Waals surface area contributed by atoms with Crippen LogP contribution in [0.3, 0.4) is 0 Å². The van der Waals surface area contributed by atoms with Crippen molar-refractivity contribution in [2.45, 2.75) is 31.1 Å². The predicted octanol–water partition coefficient (Wildman–Crippen LogP) is 3.20. The van der Waals surface area contributed by atoms with Crippen LogP contribution in [0.15, 0.2) is 24.3 Å². The van der Waals surface area contributed by atoms with E-state index in [9.17, 15) is 4.39 Å². The topological polar surface area (TPSA) is 12.0 Å². The van der Waals surface area contributed by atoms with Gasteiger partial charge in [-0.3, -0.25) is 0 Å². The summed E-state index contributed by atoms with van der Waals surface area (Å²) in [6.07, 6.45) is 3.90. The lowest BCUT2D eigenvalue weighted by Gasteiger charge is -2.22. The molecule has 0 spiro atoms. The van der Waals surface area contributed by atoms with Crippen molar-refractivity contribution in [1.29, 1.82) is 0 Å². The first-order valence-electron chi connectivity index (χ1n) is 5.91. The minimum Gasteiger partial charge on any atom is -0.313 e. The molecule has 1 nitrogen and oxygen atoms in total. The highest BCUT2D eigenvalue weighted by Crippen LogP contribution is 2.18. The molecular weight excluding hydrogens is 221 g/mol. The highest BCUT2D eigenvalue weighted by molar-refractivity contribution is 7.98. The minimum atomic E-state index is -0.0772. The standard InChI is InChI=1S/C13H18FNS/c14-13-7-2-1-5-11(13)9-16-10-12-6-3-4-8-15-12/h1-2,5,7,12,15H,3-4,6,8-10H2. The zero-order chi connectivity index (χ0) is 11.2. The predicted molar refractivity (Wildman–Crippen MR) is 68.2 cm³/mol. The number of benzene rings is 1. The van der Waals surface area contributed by atoms with Crippen molar-refractivity contribution < 1.29 is 4.39 Å². The Morgan fingerprint density at radius 2 is 2.19 bits per heavy atom. The molecule has 1 N–H and O–H groups in total. The molecule has 1 aliphatic heterocycles. The normalized spacial score (nSPS) is 20.9. The smallest absolute Gasteiger partial charge is 0.127 e. The second-order valence-electron chi connectivity index (χ2n) is 4.25. The lowest BCUT2D eigenvalue weighted by atomic mass is 10.1. The average Bonchev–Trinajstić information content (AvgIpc) is 2.33. The summed E-state index contributed by atoms with van der Waals surface area (Å²) in [5, 5.41) is 3.51. The van der Waals surface area contributed by atoms with Gasteiger partial charge in [0.15, 0.2) is 0 Å². The van der Waals surface area contributed by atoms with Crippen LogP contribution < -0.4 is 5.32 Å². The van der Waals surface area contributed by atoms with E-state index in [1.165, 1.54) is 25.3 Å². The molecule has 1 fully saturated rings. The van der Waals surface area contributed by atoms with E-state index in [4.69, 9.17) is 0 Å². The summed E-state index contributed by atoms with van der Waals surface area (Å²) >= 11 is 1.82. The van der Waals surface area contributed by atoms with Gasteiger partial charge in [0.05, 0.1) is 0 Å². The van der Waals surface area contributed by atoms with Crippen molar-refractivity contribution in [2.75, 3.05) is 12.3 Å². The van der Waals surface area contributed by atoms with Crippen molar-refractivity contribution >= 4 is 11.8 Å². The van der Waals surface area contributed by atoms with Crippen molar-refractivity contribution in [3.63, 3.8) is 0 Å². The third kappa shape index (κ3) is 3.49.